The van der Waals surface area contributed by atoms with E-state index in [9.17, 15) is 10.1 Å². The minimum atomic E-state index is -0.465. The Labute approximate surface area is 219 Å². The fraction of sp³-hybridized carbons (Fsp3) is 0.154. The summed E-state index contributed by atoms with van der Waals surface area (Å²) in [5.41, 5.74) is 2.62. The normalized spacial score (nSPS) is 10.6. The predicted octanol–water partition coefficient (Wildman–Crippen LogP) is 7.26. The summed E-state index contributed by atoms with van der Waals surface area (Å²) in [6, 6.07) is 24.3. The van der Waals surface area contributed by atoms with E-state index in [1.165, 1.54) is 12.1 Å². The van der Waals surface area contributed by atoms with Crippen molar-refractivity contribution in [3.8, 4) is 5.75 Å². The second-order valence-corrected chi connectivity index (χ2v) is 8.48. The van der Waals surface area contributed by atoms with Crippen LogP contribution in [0, 0.1) is 10.1 Å². The van der Waals surface area contributed by atoms with Crippen LogP contribution < -0.4 is 15.4 Å². The molecular formula is C26H24Cl3N3O3. The van der Waals surface area contributed by atoms with Gasteiger partial charge in [-0.15, -0.1) is 12.4 Å². The van der Waals surface area contributed by atoms with Gasteiger partial charge in [0.05, 0.1) is 15.6 Å². The molecule has 4 aromatic carbocycles. The average Bonchev–Trinajstić information content (AvgIpc) is 2.84. The number of anilines is 1. The van der Waals surface area contributed by atoms with Gasteiger partial charge < -0.3 is 15.4 Å². The van der Waals surface area contributed by atoms with Crippen LogP contribution in [0.3, 0.4) is 0 Å². The van der Waals surface area contributed by atoms with Gasteiger partial charge in [-0.1, -0.05) is 71.7 Å². The Morgan fingerprint density at radius 1 is 0.886 bits per heavy atom. The van der Waals surface area contributed by atoms with Gasteiger partial charge in [0.25, 0.3) is 5.69 Å². The number of benzene rings is 4. The van der Waals surface area contributed by atoms with E-state index < -0.39 is 4.92 Å². The summed E-state index contributed by atoms with van der Waals surface area (Å²) in [6.45, 7) is 2.23. The molecule has 6 nitrogen and oxygen atoms in total. The lowest BCUT2D eigenvalue weighted by molar-refractivity contribution is -0.384. The third-order valence-electron chi connectivity index (χ3n) is 5.42. The average molecular weight is 533 g/mol. The fourth-order valence-corrected chi connectivity index (χ4v) is 4.10. The van der Waals surface area contributed by atoms with Crippen molar-refractivity contribution >= 4 is 57.8 Å². The van der Waals surface area contributed by atoms with Gasteiger partial charge in [0, 0.05) is 47.9 Å². The minimum Gasteiger partial charge on any atom is -0.488 e. The standard InChI is InChI=1S/C26H23Cl2N3O3.ClH/c27-23-8-4-2-6-19(23)17-34-26-12-9-18-5-1-3-7-21(18)22(26)16-29-13-14-30-25-11-10-20(31(32)33)15-24(25)28;/h1-12,15,29-30H,13-14,16-17H2;1H. The zero-order valence-electron chi connectivity index (χ0n) is 18.7. The van der Waals surface area contributed by atoms with Crippen LogP contribution in [0.5, 0.6) is 5.75 Å². The Bertz CT molecular complexity index is 1320. The van der Waals surface area contributed by atoms with Crippen molar-refractivity contribution in [3.63, 3.8) is 0 Å². The summed E-state index contributed by atoms with van der Waals surface area (Å²) < 4.78 is 6.17. The maximum atomic E-state index is 10.9. The molecule has 0 saturated heterocycles. The highest BCUT2D eigenvalue weighted by molar-refractivity contribution is 6.33. The Kier molecular flexibility index (Phi) is 9.57. The minimum absolute atomic E-state index is 0. The van der Waals surface area contributed by atoms with Gasteiger partial charge in [0.2, 0.25) is 0 Å². The summed E-state index contributed by atoms with van der Waals surface area (Å²) in [6.07, 6.45) is 0. The van der Waals surface area contributed by atoms with Crippen molar-refractivity contribution in [2.75, 3.05) is 18.4 Å². The lowest BCUT2D eigenvalue weighted by atomic mass is 10.0. The number of halogens is 3. The van der Waals surface area contributed by atoms with E-state index in [0.717, 1.165) is 27.6 Å². The number of rotatable bonds is 10. The van der Waals surface area contributed by atoms with Crippen LogP contribution in [-0.2, 0) is 13.2 Å². The van der Waals surface area contributed by atoms with Crippen molar-refractivity contribution in [2.45, 2.75) is 13.2 Å². The summed E-state index contributed by atoms with van der Waals surface area (Å²) in [5, 5.41) is 20.8. The van der Waals surface area contributed by atoms with Crippen LogP contribution in [0.15, 0.2) is 78.9 Å². The number of hydrogen-bond donors (Lipinski definition) is 2. The lowest BCUT2D eigenvalue weighted by Crippen LogP contribution is -2.22. The Hall–Kier alpha value is -3.03. The third-order valence-corrected chi connectivity index (χ3v) is 6.10. The second-order valence-electron chi connectivity index (χ2n) is 7.67. The molecule has 2 N–H and O–H groups in total. The van der Waals surface area contributed by atoms with E-state index in [1.54, 1.807) is 6.07 Å². The van der Waals surface area contributed by atoms with Gasteiger partial charge in [-0.25, -0.2) is 0 Å². The predicted molar refractivity (Wildman–Crippen MR) is 145 cm³/mol. The van der Waals surface area contributed by atoms with Crippen LogP contribution in [0.25, 0.3) is 10.8 Å². The zero-order chi connectivity index (χ0) is 23.9. The molecule has 0 radical (unpaired) electrons. The van der Waals surface area contributed by atoms with Crippen molar-refractivity contribution in [1.82, 2.24) is 5.32 Å². The summed E-state index contributed by atoms with van der Waals surface area (Å²) in [7, 11) is 0. The number of nitro benzene ring substituents is 1. The molecular weight excluding hydrogens is 509 g/mol. The van der Waals surface area contributed by atoms with Gasteiger partial charge in [0.1, 0.15) is 12.4 Å². The van der Waals surface area contributed by atoms with E-state index in [1.807, 2.05) is 42.5 Å². The first-order valence-corrected chi connectivity index (χ1v) is 11.5. The second kappa shape index (κ2) is 12.6. The third kappa shape index (κ3) is 6.77. The summed E-state index contributed by atoms with van der Waals surface area (Å²) >= 11 is 12.4. The zero-order valence-corrected chi connectivity index (χ0v) is 21.0. The molecule has 9 heteroatoms. The first kappa shape index (κ1) is 26.6. The fourth-order valence-electron chi connectivity index (χ4n) is 3.66. The first-order valence-electron chi connectivity index (χ1n) is 10.8. The molecule has 0 amide bonds. The molecule has 182 valence electrons. The van der Waals surface area contributed by atoms with E-state index in [4.69, 9.17) is 27.9 Å². The Morgan fingerprint density at radius 2 is 1.66 bits per heavy atom. The maximum Gasteiger partial charge on any atom is 0.271 e. The van der Waals surface area contributed by atoms with Crippen molar-refractivity contribution in [2.24, 2.45) is 0 Å². The van der Waals surface area contributed by atoms with Gasteiger partial charge >= 0.3 is 0 Å². The molecule has 0 saturated carbocycles. The van der Waals surface area contributed by atoms with Crippen LogP contribution in [0.2, 0.25) is 10.0 Å². The van der Waals surface area contributed by atoms with Gasteiger partial charge in [0.15, 0.2) is 0 Å². The van der Waals surface area contributed by atoms with E-state index in [0.29, 0.717) is 42.0 Å². The van der Waals surface area contributed by atoms with Gasteiger partial charge in [-0.2, -0.15) is 0 Å². The molecule has 35 heavy (non-hydrogen) atoms. The molecule has 0 aliphatic carbocycles. The molecule has 0 atom stereocenters. The topological polar surface area (TPSA) is 76.4 Å². The number of hydrogen-bond acceptors (Lipinski definition) is 5. The molecule has 4 aromatic rings. The highest BCUT2D eigenvalue weighted by Crippen LogP contribution is 2.30. The molecule has 4 rings (SSSR count). The molecule has 0 aromatic heterocycles. The van der Waals surface area contributed by atoms with Gasteiger partial charge in [-0.05, 0) is 29.0 Å². The van der Waals surface area contributed by atoms with Crippen molar-refractivity contribution < 1.29 is 9.66 Å². The monoisotopic (exact) mass is 531 g/mol. The Morgan fingerprint density at radius 3 is 2.43 bits per heavy atom. The number of ether oxygens (including phenoxy) is 1. The molecule has 0 aliphatic heterocycles. The van der Waals surface area contributed by atoms with Crippen LogP contribution >= 0.6 is 35.6 Å². The highest BCUT2D eigenvalue weighted by atomic mass is 35.5. The van der Waals surface area contributed by atoms with E-state index >= 15 is 0 Å². The van der Waals surface area contributed by atoms with Crippen LogP contribution in [-0.4, -0.2) is 18.0 Å². The van der Waals surface area contributed by atoms with Crippen LogP contribution in [0.1, 0.15) is 11.1 Å². The summed E-state index contributed by atoms with van der Waals surface area (Å²) in [5.74, 6) is 0.803. The lowest BCUT2D eigenvalue weighted by Gasteiger charge is -2.16. The van der Waals surface area contributed by atoms with Gasteiger partial charge in [-0.3, -0.25) is 10.1 Å². The molecule has 0 spiro atoms. The quantitative estimate of drug-likeness (QED) is 0.128. The van der Waals surface area contributed by atoms with Crippen LogP contribution in [0.4, 0.5) is 11.4 Å². The molecule has 0 fully saturated rings. The Balaban J connectivity index is 0.00000342. The SMILES string of the molecule is Cl.O=[N+]([O-])c1ccc(NCCNCc2c(OCc3ccccc3Cl)ccc3ccccc23)c(Cl)c1. The molecule has 0 unspecified atom stereocenters. The number of non-ortho nitro benzene ring substituents is 1. The number of nitro groups is 1. The molecule has 0 heterocycles. The van der Waals surface area contributed by atoms with Crippen molar-refractivity contribution in [3.05, 3.63) is 110 Å². The highest BCUT2D eigenvalue weighted by Gasteiger charge is 2.11. The van der Waals surface area contributed by atoms with E-state index in [-0.39, 0.29) is 18.1 Å². The van der Waals surface area contributed by atoms with E-state index in [2.05, 4.69) is 28.8 Å². The first-order chi connectivity index (χ1) is 16.5. The molecule has 0 bridgehead atoms. The smallest absolute Gasteiger partial charge is 0.271 e. The maximum absolute atomic E-state index is 10.9. The number of nitrogens with one attached hydrogen (secondary N) is 2. The van der Waals surface area contributed by atoms with Crippen molar-refractivity contribution in [1.29, 1.82) is 0 Å². The summed E-state index contributed by atoms with van der Waals surface area (Å²) in [4.78, 5) is 10.4. The molecule has 0 aliphatic rings. The number of fused-ring (bicyclic) bond motifs is 1. The largest absolute Gasteiger partial charge is 0.488 e. The number of nitrogens with zero attached hydrogens (tertiary/aromatic N) is 1.